The smallest absolute Gasteiger partial charge is 0.494 e. The lowest BCUT2D eigenvalue weighted by atomic mass is 9.91. The van der Waals surface area contributed by atoms with Gasteiger partial charge in [0.2, 0.25) is 0 Å². The minimum absolute atomic E-state index is 0.00199. The number of nitro groups is 1. The van der Waals surface area contributed by atoms with Crippen LogP contribution in [0.5, 0.6) is 17.2 Å². The number of aliphatic hydroxyl groups is 1. The molecular formula is C29H34ClF3N4O6. The molecule has 0 saturated carbocycles. The van der Waals surface area contributed by atoms with E-state index in [9.17, 15) is 28.4 Å². The number of aliphatic hydroxyl groups excluding tert-OH is 1. The van der Waals surface area contributed by atoms with Crippen molar-refractivity contribution in [1.29, 1.82) is 0 Å². The standard InChI is InChI=1S/C29H34ClF3N4O6/c30-28-34-27(37(39)40)19-36(28)17-14-23(38)20-42-25-6-4-22(5-7-25)35-15-12-21(13-16-35)3-1-2-18-41-24-8-10-26(11-9-24)43-29(31,32)33/h4-11,19,21,23,38H,1-3,12-18,20H2/t23-/m1/s1. The molecule has 1 saturated heterocycles. The molecule has 0 spiro atoms. The summed E-state index contributed by atoms with van der Waals surface area (Å²) in [5, 5.41) is 21.1. The predicted molar refractivity (Wildman–Crippen MR) is 154 cm³/mol. The van der Waals surface area contributed by atoms with Gasteiger partial charge in [0, 0.05) is 25.3 Å². The van der Waals surface area contributed by atoms with Crippen LogP contribution in [0.1, 0.15) is 38.5 Å². The van der Waals surface area contributed by atoms with E-state index >= 15 is 0 Å². The van der Waals surface area contributed by atoms with E-state index in [1.54, 1.807) is 0 Å². The second-order valence-corrected chi connectivity index (χ2v) is 10.7. The van der Waals surface area contributed by atoms with E-state index in [-0.39, 0.29) is 30.0 Å². The van der Waals surface area contributed by atoms with Crippen molar-refractivity contribution in [2.75, 3.05) is 31.2 Å². The lowest BCUT2D eigenvalue weighted by molar-refractivity contribution is -0.389. The molecule has 1 aliphatic heterocycles. The molecule has 234 valence electrons. The summed E-state index contributed by atoms with van der Waals surface area (Å²) in [5.41, 5.74) is 1.11. The normalized spacial score (nSPS) is 14.9. The zero-order valence-corrected chi connectivity index (χ0v) is 24.2. The van der Waals surface area contributed by atoms with Gasteiger partial charge in [0.25, 0.3) is 0 Å². The van der Waals surface area contributed by atoms with Gasteiger partial charge in [-0.1, -0.05) is 6.42 Å². The SMILES string of the molecule is O=[N+]([O-])c1cn(CC[C@@H](O)COc2ccc(N3CCC(CCCCOc4ccc(OC(F)(F)F)cc4)CC3)cc2)c(Cl)n1. The van der Waals surface area contributed by atoms with E-state index in [2.05, 4.69) is 14.6 Å². The Morgan fingerprint density at radius 2 is 1.65 bits per heavy atom. The summed E-state index contributed by atoms with van der Waals surface area (Å²) in [6, 6.07) is 13.2. The molecule has 0 unspecified atom stereocenters. The summed E-state index contributed by atoms with van der Waals surface area (Å²) in [6.45, 7) is 2.78. The van der Waals surface area contributed by atoms with Crippen molar-refractivity contribution in [3.63, 3.8) is 0 Å². The highest BCUT2D eigenvalue weighted by molar-refractivity contribution is 6.28. The van der Waals surface area contributed by atoms with Gasteiger partial charge in [0.15, 0.2) is 0 Å². The van der Waals surface area contributed by atoms with Gasteiger partial charge in [0.1, 0.15) is 30.1 Å². The number of piperidine rings is 1. The molecule has 1 aliphatic rings. The Bertz CT molecular complexity index is 1300. The van der Waals surface area contributed by atoms with Crippen LogP contribution in [0.15, 0.2) is 54.7 Å². The summed E-state index contributed by atoms with van der Waals surface area (Å²) < 4.78 is 53.4. The number of aromatic nitrogens is 2. The van der Waals surface area contributed by atoms with Gasteiger partial charge in [-0.15, -0.1) is 13.2 Å². The van der Waals surface area contributed by atoms with E-state index in [0.29, 0.717) is 30.4 Å². The number of aryl methyl sites for hydroxylation is 1. The molecule has 0 bridgehead atoms. The molecular weight excluding hydrogens is 593 g/mol. The van der Waals surface area contributed by atoms with Gasteiger partial charge < -0.3 is 34.3 Å². The van der Waals surface area contributed by atoms with Crippen LogP contribution >= 0.6 is 11.6 Å². The van der Waals surface area contributed by atoms with E-state index in [4.69, 9.17) is 21.1 Å². The first-order valence-corrected chi connectivity index (χ1v) is 14.4. The summed E-state index contributed by atoms with van der Waals surface area (Å²) >= 11 is 5.90. The predicted octanol–water partition coefficient (Wildman–Crippen LogP) is 6.64. The van der Waals surface area contributed by atoms with E-state index in [1.165, 1.54) is 35.0 Å². The van der Waals surface area contributed by atoms with Crippen molar-refractivity contribution < 1.29 is 37.4 Å². The largest absolute Gasteiger partial charge is 0.573 e. The number of hydrogen-bond acceptors (Lipinski definition) is 8. The number of ether oxygens (including phenoxy) is 3. The molecule has 1 atom stereocenters. The van der Waals surface area contributed by atoms with Gasteiger partial charge in [-0.3, -0.25) is 4.57 Å². The van der Waals surface area contributed by atoms with Gasteiger partial charge in [-0.2, -0.15) is 0 Å². The average Bonchev–Trinajstić information content (AvgIpc) is 3.36. The fourth-order valence-corrected chi connectivity index (χ4v) is 5.10. The van der Waals surface area contributed by atoms with E-state index in [1.807, 2.05) is 24.3 Å². The quantitative estimate of drug-likeness (QED) is 0.114. The van der Waals surface area contributed by atoms with Crippen LogP contribution in [0.3, 0.4) is 0 Å². The highest BCUT2D eigenvalue weighted by atomic mass is 35.5. The number of nitrogens with zero attached hydrogens (tertiary/aromatic N) is 4. The molecule has 14 heteroatoms. The number of anilines is 1. The Morgan fingerprint density at radius 1 is 1.02 bits per heavy atom. The van der Waals surface area contributed by atoms with Gasteiger partial charge in [-0.25, -0.2) is 0 Å². The molecule has 10 nitrogen and oxygen atoms in total. The van der Waals surface area contributed by atoms with Gasteiger partial charge >= 0.3 is 17.5 Å². The Kier molecular flexibility index (Phi) is 11.3. The number of alkyl halides is 3. The Balaban J connectivity index is 1.08. The third-order valence-electron chi connectivity index (χ3n) is 7.20. The number of halogens is 4. The topological polar surface area (TPSA) is 112 Å². The zero-order chi connectivity index (χ0) is 30.8. The van der Waals surface area contributed by atoms with Crippen molar-refractivity contribution in [3.05, 3.63) is 70.1 Å². The maximum absolute atomic E-state index is 12.3. The molecule has 1 fully saturated rings. The fourth-order valence-electron chi connectivity index (χ4n) is 4.88. The first-order chi connectivity index (χ1) is 20.6. The van der Waals surface area contributed by atoms with Crippen LogP contribution in [0.4, 0.5) is 24.7 Å². The highest BCUT2D eigenvalue weighted by Gasteiger charge is 2.31. The van der Waals surface area contributed by atoms with Crippen molar-refractivity contribution in [2.24, 2.45) is 5.92 Å². The second kappa shape index (κ2) is 15.1. The van der Waals surface area contributed by atoms with Crippen molar-refractivity contribution in [2.45, 2.75) is 57.5 Å². The maximum Gasteiger partial charge on any atom is 0.573 e. The first kappa shape index (κ1) is 32.2. The first-order valence-electron chi connectivity index (χ1n) is 14.1. The molecule has 2 heterocycles. The van der Waals surface area contributed by atoms with Crippen LogP contribution in [-0.2, 0) is 6.54 Å². The van der Waals surface area contributed by atoms with Crippen molar-refractivity contribution >= 4 is 23.1 Å². The summed E-state index contributed by atoms with van der Waals surface area (Å²) in [7, 11) is 0. The molecule has 43 heavy (non-hydrogen) atoms. The number of imidazole rings is 1. The van der Waals surface area contributed by atoms with Crippen LogP contribution in [0.2, 0.25) is 5.28 Å². The van der Waals surface area contributed by atoms with Crippen LogP contribution in [-0.4, -0.2) is 58.4 Å². The summed E-state index contributed by atoms with van der Waals surface area (Å²) in [6.07, 6.45) is 1.23. The van der Waals surface area contributed by atoms with Crippen LogP contribution in [0.25, 0.3) is 0 Å². The second-order valence-electron chi connectivity index (χ2n) is 10.4. The molecule has 0 radical (unpaired) electrons. The Hall–Kier alpha value is -3.71. The Labute approximate surface area is 252 Å². The van der Waals surface area contributed by atoms with Gasteiger partial charge in [0.05, 0.1) is 12.7 Å². The molecule has 0 aliphatic carbocycles. The van der Waals surface area contributed by atoms with E-state index in [0.717, 1.165) is 50.9 Å². The summed E-state index contributed by atoms with van der Waals surface area (Å²) in [4.78, 5) is 16.2. The third kappa shape index (κ3) is 10.5. The number of rotatable bonds is 15. The lowest BCUT2D eigenvalue weighted by Crippen LogP contribution is -2.33. The third-order valence-corrected chi connectivity index (χ3v) is 7.50. The molecule has 4 rings (SSSR count). The fraction of sp³-hybridized carbons (Fsp3) is 0.483. The average molecular weight is 627 g/mol. The van der Waals surface area contributed by atoms with Crippen LogP contribution in [0, 0.1) is 16.0 Å². The monoisotopic (exact) mass is 626 g/mol. The minimum atomic E-state index is -4.71. The highest BCUT2D eigenvalue weighted by Crippen LogP contribution is 2.28. The minimum Gasteiger partial charge on any atom is -0.494 e. The maximum atomic E-state index is 12.3. The number of benzene rings is 2. The van der Waals surface area contributed by atoms with Crippen molar-refractivity contribution in [1.82, 2.24) is 9.55 Å². The zero-order valence-electron chi connectivity index (χ0n) is 23.4. The van der Waals surface area contributed by atoms with Crippen LogP contribution < -0.4 is 19.1 Å². The Morgan fingerprint density at radius 3 is 2.28 bits per heavy atom. The molecule has 0 amide bonds. The molecule has 2 aromatic carbocycles. The molecule has 1 N–H and O–H groups in total. The molecule has 3 aromatic rings. The van der Waals surface area contributed by atoms with Crippen molar-refractivity contribution in [3.8, 4) is 17.2 Å². The lowest BCUT2D eigenvalue weighted by Gasteiger charge is -2.33. The summed E-state index contributed by atoms with van der Waals surface area (Å²) in [5.74, 6) is 1.19. The molecule has 1 aromatic heterocycles. The number of unbranched alkanes of at least 4 members (excludes halogenated alkanes) is 1. The van der Waals surface area contributed by atoms with E-state index < -0.39 is 17.4 Å². The van der Waals surface area contributed by atoms with Gasteiger partial charge in [-0.05, 0) is 108 Å². The number of hydrogen-bond donors (Lipinski definition) is 1.